The standard InChI is InChI=1S/C15H18BFN2O2/c1-2-19(10-12-3-5-18-6-4-12)11-13-7-14(16(20)21)9-15(17)8-13/h3-9,20-21H,2,10-11H2,1H3. The fourth-order valence-corrected chi connectivity index (χ4v) is 2.20. The molecule has 0 fully saturated rings. The Labute approximate surface area is 124 Å². The van der Waals surface area contributed by atoms with E-state index in [0.717, 1.165) is 24.7 Å². The molecule has 0 radical (unpaired) electrons. The maximum atomic E-state index is 13.5. The highest BCUT2D eigenvalue weighted by atomic mass is 19.1. The van der Waals surface area contributed by atoms with Crippen molar-refractivity contribution in [1.29, 1.82) is 0 Å². The fraction of sp³-hybridized carbons (Fsp3) is 0.267. The monoisotopic (exact) mass is 288 g/mol. The maximum absolute atomic E-state index is 13.5. The molecule has 0 unspecified atom stereocenters. The molecule has 110 valence electrons. The zero-order valence-electron chi connectivity index (χ0n) is 11.9. The highest BCUT2D eigenvalue weighted by molar-refractivity contribution is 6.58. The highest BCUT2D eigenvalue weighted by Crippen LogP contribution is 2.10. The Kier molecular flexibility index (Phi) is 5.44. The molecule has 2 rings (SSSR count). The van der Waals surface area contributed by atoms with E-state index in [9.17, 15) is 4.39 Å². The molecule has 6 heteroatoms. The zero-order valence-corrected chi connectivity index (χ0v) is 11.9. The van der Waals surface area contributed by atoms with E-state index in [2.05, 4.69) is 9.88 Å². The van der Waals surface area contributed by atoms with Crippen molar-refractivity contribution >= 4 is 12.6 Å². The Balaban J connectivity index is 2.11. The third-order valence-corrected chi connectivity index (χ3v) is 3.29. The first-order chi connectivity index (χ1) is 10.1. The number of hydrogen-bond acceptors (Lipinski definition) is 4. The van der Waals surface area contributed by atoms with E-state index >= 15 is 0 Å². The van der Waals surface area contributed by atoms with Crippen LogP contribution in [-0.2, 0) is 13.1 Å². The van der Waals surface area contributed by atoms with Crippen LogP contribution in [0.5, 0.6) is 0 Å². The van der Waals surface area contributed by atoms with Crippen molar-refractivity contribution < 1.29 is 14.4 Å². The van der Waals surface area contributed by atoms with Gasteiger partial charge in [-0.3, -0.25) is 9.88 Å². The summed E-state index contributed by atoms with van der Waals surface area (Å²) in [5.74, 6) is -0.462. The molecule has 2 N–H and O–H groups in total. The molecule has 0 aliphatic rings. The second-order valence-electron chi connectivity index (χ2n) is 4.93. The highest BCUT2D eigenvalue weighted by Gasteiger charge is 2.14. The molecule has 0 amide bonds. The molecule has 0 aliphatic heterocycles. The normalized spacial score (nSPS) is 10.9. The van der Waals surface area contributed by atoms with Crippen LogP contribution in [0.15, 0.2) is 42.7 Å². The average molecular weight is 288 g/mol. The van der Waals surface area contributed by atoms with Crippen molar-refractivity contribution in [2.45, 2.75) is 20.0 Å². The van der Waals surface area contributed by atoms with Gasteiger partial charge in [0, 0.05) is 25.5 Å². The minimum Gasteiger partial charge on any atom is -0.423 e. The third kappa shape index (κ3) is 4.63. The molecule has 2 aromatic rings. The summed E-state index contributed by atoms with van der Waals surface area (Å²) in [5.41, 5.74) is 2.02. The first-order valence-corrected chi connectivity index (χ1v) is 6.85. The number of hydrogen-bond donors (Lipinski definition) is 2. The number of rotatable bonds is 6. The molecule has 0 bridgehead atoms. The average Bonchev–Trinajstić information content (AvgIpc) is 2.47. The Morgan fingerprint density at radius 2 is 1.76 bits per heavy atom. The second-order valence-corrected chi connectivity index (χ2v) is 4.93. The van der Waals surface area contributed by atoms with Crippen molar-refractivity contribution in [3.05, 3.63) is 59.7 Å². The van der Waals surface area contributed by atoms with Crippen molar-refractivity contribution in [3.63, 3.8) is 0 Å². The Hall–Kier alpha value is -1.76. The molecule has 1 heterocycles. The van der Waals surface area contributed by atoms with Crippen LogP contribution in [0.1, 0.15) is 18.1 Å². The molecular weight excluding hydrogens is 270 g/mol. The summed E-state index contributed by atoms with van der Waals surface area (Å²) in [7, 11) is -1.66. The van der Waals surface area contributed by atoms with Crippen LogP contribution in [0.3, 0.4) is 0 Å². The largest absolute Gasteiger partial charge is 0.488 e. The molecule has 21 heavy (non-hydrogen) atoms. The van der Waals surface area contributed by atoms with Crippen molar-refractivity contribution in [3.8, 4) is 0 Å². The van der Waals surface area contributed by atoms with Gasteiger partial charge in [-0.2, -0.15) is 0 Å². The quantitative estimate of drug-likeness (QED) is 0.776. The smallest absolute Gasteiger partial charge is 0.423 e. The number of nitrogens with zero attached hydrogens (tertiary/aromatic N) is 2. The lowest BCUT2D eigenvalue weighted by Gasteiger charge is -2.21. The van der Waals surface area contributed by atoms with Gasteiger partial charge in [-0.15, -0.1) is 0 Å². The van der Waals surface area contributed by atoms with Gasteiger partial charge >= 0.3 is 7.12 Å². The van der Waals surface area contributed by atoms with E-state index in [1.807, 2.05) is 19.1 Å². The summed E-state index contributed by atoms with van der Waals surface area (Å²) >= 11 is 0. The molecule has 0 spiro atoms. The SMILES string of the molecule is CCN(Cc1ccncc1)Cc1cc(F)cc(B(O)O)c1. The fourth-order valence-electron chi connectivity index (χ4n) is 2.20. The summed E-state index contributed by atoms with van der Waals surface area (Å²) in [4.78, 5) is 6.12. The van der Waals surface area contributed by atoms with Gasteiger partial charge < -0.3 is 10.0 Å². The summed E-state index contributed by atoms with van der Waals surface area (Å²) in [6, 6.07) is 8.05. The van der Waals surface area contributed by atoms with Gasteiger partial charge in [0.2, 0.25) is 0 Å². The first kappa shape index (κ1) is 15.6. The van der Waals surface area contributed by atoms with Gasteiger partial charge in [0.15, 0.2) is 0 Å². The van der Waals surface area contributed by atoms with Gasteiger partial charge in [0.05, 0.1) is 0 Å². The lowest BCUT2D eigenvalue weighted by molar-refractivity contribution is 0.271. The summed E-state index contributed by atoms with van der Waals surface area (Å²) in [5, 5.41) is 18.3. The minimum absolute atomic E-state index is 0.171. The van der Waals surface area contributed by atoms with Crippen LogP contribution in [0, 0.1) is 5.82 Å². The maximum Gasteiger partial charge on any atom is 0.488 e. The van der Waals surface area contributed by atoms with Crippen LogP contribution >= 0.6 is 0 Å². The van der Waals surface area contributed by atoms with E-state index < -0.39 is 12.9 Å². The molecule has 0 aliphatic carbocycles. The van der Waals surface area contributed by atoms with Gasteiger partial charge in [0.1, 0.15) is 5.82 Å². The molecule has 0 atom stereocenters. The molecule has 0 saturated carbocycles. The third-order valence-electron chi connectivity index (χ3n) is 3.29. The predicted molar refractivity (Wildman–Crippen MR) is 80.3 cm³/mol. The summed E-state index contributed by atoms with van der Waals surface area (Å²) < 4.78 is 13.5. The van der Waals surface area contributed by atoms with E-state index in [1.165, 1.54) is 6.07 Å². The topological polar surface area (TPSA) is 56.6 Å². The van der Waals surface area contributed by atoms with E-state index in [1.54, 1.807) is 18.5 Å². The Morgan fingerprint density at radius 3 is 2.38 bits per heavy atom. The van der Waals surface area contributed by atoms with Crippen LogP contribution in [0.4, 0.5) is 4.39 Å². The van der Waals surface area contributed by atoms with Crippen molar-refractivity contribution in [2.24, 2.45) is 0 Å². The van der Waals surface area contributed by atoms with Gasteiger partial charge in [0.25, 0.3) is 0 Å². The second kappa shape index (κ2) is 7.31. The number of pyridine rings is 1. The van der Waals surface area contributed by atoms with Gasteiger partial charge in [-0.05, 0) is 47.4 Å². The molecule has 1 aromatic heterocycles. The summed E-state index contributed by atoms with van der Waals surface area (Å²) in [6.07, 6.45) is 3.48. The van der Waals surface area contributed by atoms with E-state index in [4.69, 9.17) is 10.0 Å². The lowest BCUT2D eigenvalue weighted by Crippen LogP contribution is -2.31. The van der Waals surface area contributed by atoms with Crippen LogP contribution in [-0.4, -0.2) is 33.6 Å². The molecular formula is C15H18BFN2O2. The Bertz CT molecular complexity index is 581. The minimum atomic E-state index is -1.66. The zero-order chi connectivity index (χ0) is 15.2. The molecule has 4 nitrogen and oxygen atoms in total. The first-order valence-electron chi connectivity index (χ1n) is 6.85. The summed E-state index contributed by atoms with van der Waals surface area (Å²) in [6.45, 7) is 4.10. The van der Waals surface area contributed by atoms with Crippen molar-refractivity contribution in [2.75, 3.05) is 6.54 Å². The van der Waals surface area contributed by atoms with Crippen LogP contribution in [0.25, 0.3) is 0 Å². The predicted octanol–water partition coefficient (Wildman–Crippen LogP) is 0.923. The number of benzene rings is 1. The lowest BCUT2D eigenvalue weighted by atomic mass is 9.79. The number of aromatic nitrogens is 1. The Morgan fingerprint density at radius 1 is 1.10 bits per heavy atom. The van der Waals surface area contributed by atoms with E-state index in [-0.39, 0.29) is 5.46 Å². The van der Waals surface area contributed by atoms with Gasteiger partial charge in [-0.25, -0.2) is 4.39 Å². The van der Waals surface area contributed by atoms with Crippen molar-refractivity contribution in [1.82, 2.24) is 9.88 Å². The van der Waals surface area contributed by atoms with Crippen LogP contribution in [0.2, 0.25) is 0 Å². The van der Waals surface area contributed by atoms with E-state index in [0.29, 0.717) is 12.1 Å². The van der Waals surface area contributed by atoms with Crippen LogP contribution < -0.4 is 5.46 Å². The van der Waals surface area contributed by atoms with Gasteiger partial charge in [-0.1, -0.05) is 13.0 Å². The molecule has 1 aromatic carbocycles. The number of halogens is 1. The molecule has 0 saturated heterocycles.